The number of nitrogens with zero attached hydrogens (tertiary/aromatic N) is 1. The monoisotopic (exact) mass is 299 g/mol. The molecule has 0 radical (unpaired) electrons. The normalized spacial score (nSPS) is 12.2. The van der Waals surface area contributed by atoms with E-state index in [1.165, 1.54) is 0 Å². The fraction of sp³-hybridized carbons (Fsp3) is 0.533. The fourth-order valence-corrected chi connectivity index (χ4v) is 2.01. The summed E-state index contributed by atoms with van der Waals surface area (Å²) in [6.07, 6.45) is 0. The van der Waals surface area contributed by atoms with Gasteiger partial charge in [-0.15, -0.1) is 0 Å². The number of carbonyl (C=O) groups is 1. The van der Waals surface area contributed by atoms with Gasteiger partial charge in [0.05, 0.1) is 0 Å². The van der Waals surface area contributed by atoms with E-state index < -0.39 is 0 Å². The Bertz CT molecular complexity index is 404. The van der Waals surface area contributed by atoms with Crippen molar-refractivity contribution >= 4 is 17.6 Å². The van der Waals surface area contributed by atoms with Crippen LogP contribution in [-0.2, 0) is 9.53 Å². The number of ether oxygens (including phenoxy) is 2. The SMILES string of the molecule is CCN(CC)C(C)COC(=O)COc1ccc(Cl)cc1. The molecule has 0 saturated heterocycles. The largest absolute Gasteiger partial charge is 0.482 e. The molecule has 1 rings (SSSR count). The Hall–Kier alpha value is -1.26. The molecule has 0 heterocycles. The van der Waals surface area contributed by atoms with Gasteiger partial charge in [-0.1, -0.05) is 25.4 Å². The number of esters is 1. The zero-order valence-electron chi connectivity index (χ0n) is 12.3. The molecular weight excluding hydrogens is 278 g/mol. The lowest BCUT2D eigenvalue weighted by molar-refractivity contribution is -0.147. The molecule has 0 fully saturated rings. The predicted molar refractivity (Wildman–Crippen MR) is 80.3 cm³/mol. The van der Waals surface area contributed by atoms with Crippen LogP contribution in [0.25, 0.3) is 0 Å². The highest BCUT2D eigenvalue weighted by Crippen LogP contribution is 2.15. The smallest absolute Gasteiger partial charge is 0.344 e. The fourth-order valence-electron chi connectivity index (χ4n) is 1.88. The molecule has 0 aliphatic rings. The molecule has 112 valence electrons. The molecule has 0 bridgehead atoms. The van der Waals surface area contributed by atoms with Crippen molar-refractivity contribution in [3.8, 4) is 5.75 Å². The Labute approximate surface area is 125 Å². The molecule has 1 aromatic carbocycles. The maximum atomic E-state index is 11.6. The molecule has 20 heavy (non-hydrogen) atoms. The molecule has 0 aromatic heterocycles. The summed E-state index contributed by atoms with van der Waals surface area (Å²) in [6, 6.07) is 7.07. The van der Waals surface area contributed by atoms with Crippen LogP contribution in [0.1, 0.15) is 20.8 Å². The molecular formula is C15H22ClNO3. The van der Waals surface area contributed by atoms with Gasteiger partial charge in [0.2, 0.25) is 0 Å². The van der Waals surface area contributed by atoms with Crippen molar-refractivity contribution in [3.63, 3.8) is 0 Å². The van der Waals surface area contributed by atoms with Crippen molar-refractivity contribution in [2.45, 2.75) is 26.8 Å². The minimum absolute atomic E-state index is 0.0907. The summed E-state index contributed by atoms with van der Waals surface area (Å²) < 4.78 is 10.5. The molecule has 0 spiro atoms. The van der Waals surface area contributed by atoms with Gasteiger partial charge in [0.15, 0.2) is 6.61 Å². The van der Waals surface area contributed by atoms with E-state index in [9.17, 15) is 4.79 Å². The van der Waals surface area contributed by atoms with E-state index in [-0.39, 0.29) is 18.6 Å². The van der Waals surface area contributed by atoms with Crippen molar-refractivity contribution in [1.82, 2.24) is 4.90 Å². The molecule has 1 aromatic rings. The second-order valence-electron chi connectivity index (χ2n) is 4.50. The molecule has 5 heteroatoms. The molecule has 4 nitrogen and oxygen atoms in total. The molecule has 1 atom stereocenters. The first kappa shape index (κ1) is 16.8. The zero-order valence-corrected chi connectivity index (χ0v) is 13.0. The van der Waals surface area contributed by atoms with Crippen LogP contribution in [0.3, 0.4) is 0 Å². The van der Waals surface area contributed by atoms with Crippen LogP contribution in [0.15, 0.2) is 24.3 Å². The first-order valence-electron chi connectivity index (χ1n) is 6.84. The Kier molecular flexibility index (Phi) is 7.41. The highest BCUT2D eigenvalue weighted by Gasteiger charge is 2.13. The van der Waals surface area contributed by atoms with E-state index in [1.54, 1.807) is 24.3 Å². The first-order chi connectivity index (χ1) is 9.56. The Morgan fingerprint density at radius 3 is 2.40 bits per heavy atom. The third-order valence-corrected chi connectivity index (χ3v) is 3.34. The van der Waals surface area contributed by atoms with Gasteiger partial charge in [-0.3, -0.25) is 4.90 Å². The summed E-state index contributed by atoms with van der Waals surface area (Å²) in [6.45, 7) is 8.39. The second kappa shape index (κ2) is 8.82. The lowest BCUT2D eigenvalue weighted by Crippen LogP contribution is -2.37. The average Bonchev–Trinajstić information content (AvgIpc) is 2.45. The molecule has 1 unspecified atom stereocenters. The maximum Gasteiger partial charge on any atom is 0.344 e. The van der Waals surface area contributed by atoms with Gasteiger partial charge >= 0.3 is 5.97 Å². The standard InChI is InChI=1S/C15H22ClNO3/c1-4-17(5-2)12(3)10-20-15(18)11-19-14-8-6-13(16)7-9-14/h6-9,12H,4-5,10-11H2,1-3H3. The van der Waals surface area contributed by atoms with E-state index >= 15 is 0 Å². The van der Waals surface area contributed by atoms with Crippen molar-refractivity contribution in [1.29, 1.82) is 0 Å². The number of hydrogen-bond acceptors (Lipinski definition) is 4. The van der Waals surface area contributed by atoms with E-state index in [4.69, 9.17) is 21.1 Å². The van der Waals surface area contributed by atoms with Crippen LogP contribution in [0.2, 0.25) is 5.02 Å². The summed E-state index contributed by atoms with van der Waals surface area (Å²) in [5, 5.41) is 0.632. The van der Waals surface area contributed by atoms with E-state index in [1.807, 2.05) is 6.92 Å². The number of benzene rings is 1. The maximum absolute atomic E-state index is 11.6. The van der Waals surface area contributed by atoms with Gasteiger partial charge < -0.3 is 9.47 Å². The Morgan fingerprint density at radius 2 is 1.85 bits per heavy atom. The number of halogens is 1. The van der Waals surface area contributed by atoms with Gasteiger partial charge in [-0.2, -0.15) is 0 Å². The molecule has 0 N–H and O–H groups in total. The van der Waals surface area contributed by atoms with E-state index in [0.717, 1.165) is 13.1 Å². The highest BCUT2D eigenvalue weighted by atomic mass is 35.5. The van der Waals surface area contributed by atoms with Crippen LogP contribution < -0.4 is 4.74 Å². The van der Waals surface area contributed by atoms with Crippen LogP contribution in [0, 0.1) is 0 Å². The van der Waals surface area contributed by atoms with Crippen LogP contribution in [-0.4, -0.2) is 43.2 Å². The third-order valence-electron chi connectivity index (χ3n) is 3.09. The second-order valence-corrected chi connectivity index (χ2v) is 4.93. The van der Waals surface area contributed by atoms with Crippen molar-refractivity contribution in [3.05, 3.63) is 29.3 Å². The van der Waals surface area contributed by atoms with Crippen molar-refractivity contribution in [2.75, 3.05) is 26.3 Å². The quantitative estimate of drug-likeness (QED) is 0.692. The average molecular weight is 300 g/mol. The minimum atomic E-state index is -0.362. The van der Waals surface area contributed by atoms with Crippen molar-refractivity contribution in [2.24, 2.45) is 0 Å². The summed E-state index contributed by atoms with van der Waals surface area (Å²) in [5.41, 5.74) is 0. The number of likely N-dealkylation sites (N-methyl/N-ethyl adjacent to an activating group) is 1. The topological polar surface area (TPSA) is 38.8 Å². The Morgan fingerprint density at radius 1 is 1.25 bits per heavy atom. The summed E-state index contributed by atoms with van der Waals surface area (Å²) >= 11 is 5.76. The summed E-state index contributed by atoms with van der Waals surface area (Å²) in [5.74, 6) is 0.238. The lowest BCUT2D eigenvalue weighted by atomic mass is 10.3. The molecule has 0 aliphatic heterocycles. The van der Waals surface area contributed by atoms with Crippen LogP contribution in [0.5, 0.6) is 5.75 Å². The van der Waals surface area contributed by atoms with Crippen LogP contribution in [0.4, 0.5) is 0 Å². The van der Waals surface area contributed by atoms with Gasteiger partial charge in [-0.05, 0) is 44.3 Å². The minimum Gasteiger partial charge on any atom is -0.482 e. The van der Waals surface area contributed by atoms with Crippen molar-refractivity contribution < 1.29 is 14.3 Å². The molecule has 0 amide bonds. The molecule has 0 saturated carbocycles. The van der Waals surface area contributed by atoms with Crippen LogP contribution >= 0.6 is 11.6 Å². The predicted octanol–water partition coefficient (Wildman–Crippen LogP) is 2.99. The van der Waals surface area contributed by atoms with Gasteiger partial charge in [0, 0.05) is 11.1 Å². The van der Waals surface area contributed by atoms with Gasteiger partial charge in [0.25, 0.3) is 0 Å². The third kappa shape index (κ3) is 5.80. The number of hydrogen-bond donors (Lipinski definition) is 0. The molecule has 0 aliphatic carbocycles. The Balaban J connectivity index is 2.28. The van der Waals surface area contributed by atoms with Gasteiger partial charge in [-0.25, -0.2) is 4.79 Å². The summed E-state index contributed by atoms with van der Waals surface area (Å²) in [7, 11) is 0. The van der Waals surface area contributed by atoms with E-state index in [0.29, 0.717) is 17.4 Å². The van der Waals surface area contributed by atoms with Gasteiger partial charge in [0.1, 0.15) is 12.4 Å². The summed E-state index contributed by atoms with van der Waals surface area (Å²) in [4.78, 5) is 13.8. The number of rotatable bonds is 8. The van der Waals surface area contributed by atoms with E-state index in [2.05, 4.69) is 18.7 Å². The highest BCUT2D eigenvalue weighted by molar-refractivity contribution is 6.30. The lowest BCUT2D eigenvalue weighted by Gasteiger charge is -2.25. The first-order valence-corrected chi connectivity index (χ1v) is 7.22. The number of carbonyl (C=O) groups excluding carboxylic acids is 1. The zero-order chi connectivity index (χ0) is 15.0.